The van der Waals surface area contributed by atoms with Crippen LogP contribution in [0.15, 0.2) is 35.3 Å². The molecular formula is C18H29N3O. The average molecular weight is 303 g/mol. The van der Waals surface area contributed by atoms with Crippen molar-refractivity contribution < 1.29 is 4.74 Å². The maximum absolute atomic E-state index is 5.63. The minimum Gasteiger partial charge on any atom is -0.381 e. The molecule has 4 nitrogen and oxygen atoms in total. The van der Waals surface area contributed by atoms with E-state index in [1.165, 1.54) is 18.4 Å². The summed E-state index contributed by atoms with van der Waals surface area (Å²) in [5, 5.41) is 6.67. The molecule has 0 bridgehead atoms. The van der Waals surface area contributed by atoms with Crippen LogP contribution in [0.25, 0.3) is 0 Å². The van der Waals surface area contributed by atoms with E-state index in [-0.39, 0.29) is 0 Å². The van der Waals surface area contributed by atoms with E-state index in [0.29, 0.717) is 0 Å². The van der Waals surface area contributed by atoms with E-state index in [4.69, 9.17) is 4.74 Å². The third-order valence-electron chi connectivity index (χ3n) is 3.66. The maximum atomic E-state index is 5.63. The van der Waals surface area contributed by atoms with Crippen molar-refractivity contribution in [1.82, 2.24) is 10.6 Å². The Morgan fingerprint density at radius 1 is 1.23 bits per heavy atom. The van der Waals surface area contributed by atoms with Gasteiger partial charge in [0, 0.05) is 32.8 Å². The predicted octanol–water partition coefficient (Wildman–Crippen LogP) is 2.60. The Balaban J connectivity index is 1.58. The van der Waals surface area contributed by atoms with Crippen LogP contribution in [0.4, 0.5) is 0 Å². The monoisotopic (exact) mass is 303 g/mol. The second-order valence-electron chi connectivity index (χ2n) is 5.79. The highest BCUT2D eigenvalue weighted by atomic mass is 16.5. The van der Waals surface area contributed by atoms with Crippen molar-refractivity contribution in [3.05, 3.63) is 35.9 Å². The molecule has 0 atom stereocenters. The lowest BCUT2D eigenvalue weighted by Gasteiger charge is -2.11. The van der Waals surface area contributed by atoms with Crippen molar-refractivity contribution in [3.8, 4) is 0 Å². The Kier molecular flexibility index (Phi) is 7.81. The summed E-state index contributed by atoms with van der Waals surface area (Å²) in [5.74, 6) is 1.75. The van der Waals surface area contributed by atoms with Gasteiger partial charge in [-0.2, -0.15) is 0 Å². The van der Waals surface area contributed by atoms with Gasteiger partial charge in [-0.25, -0.2) is 0 Å². The number of aliphatic imine (C=N–C) groups is 1. The van der Waals surface area contributed by atoms with Gasteiger partial charge in [0.05, 0.1) is 0 Å². The molecule has 0 spiro atoms. The summed E-state index contributed by atoms with van der Waals surface area (Å²) >= 11 is 0. The van der Waals surface area contributed by atoms with E-state index in [2.05, 4.69) is 46.8 Å². The summed E-state index contributed by atoms with van der Waals surface area (Å²) in [6.45, 7) is 6.45. The number of hydrogen-bond donors (Lipinski definition) is 2. The molecule has 2 N–H and O–H groups in total. The summed E-state index contributed by atoms with van der Waals surface area (Å²) in [6, 6.07) is 10.5. The first-order chi connectivity index (χ1) is 10.9. The second-order valence-corrected chi connectivity index (χ2v) is 5.79. The molecule has 0 amide bonds. The lowest BCUT2D eigenvalue weighted by atomic mass is 10.1. The fraction of sp³-hybridized carbons (Fsp3) is 0.611. The van der Waals surface area contributed by atoms with Crippen molar-refractivity contribution in [2.45, 2.75) is 32.6 Å². The van der Waals surface area contributed by atoms with Crippen LogP contribution in [0, 0.1) is 5.92 Å². The highest BCUT2D eigenvalue weighted by Crippen LogP contribution is 2.28. The summed E-state index contributed by atoms with van der Waals surface area (Å²) in [5.41, 5.74) is 1.35. The molecule has 1 saturated carbocycles. The van der Waals surface area contributed by atoms with E-state index in [1.54, 1.807) is 0 Å². The quantitative estimate of drug-likeness (QED) is 0.397. The van der Waals surface area contributed by atoms with E-state index in [0.717, 1.165) is 57.6 Å². The van der Waals surface area contributed by atoms with Gasteiger partial charge in [0.1, 0.15) is 0 Å². The molecule has 0 aromatic heterocycles. The molecule has 0 heterocycles. The van der Waals surface area contributed by atoms with Gasteiger partial charge >= 0.3 is 0 Å². The van der Waals surface area contributed by atoms with E-state index in [1.807, 2.05) is 6.07 Å². The standard InChI is InChI=1S/C18H29N3O/c1-2-19-18(20-12-6-14-22-15-17-9-10-17)21-13-11-16-7-4-3-5-8-16/h3-5,7-8,17H,2,6,9-15H2,1H3,(H2,19,20,21). The molecular weight excluding hydrogens is 274 g/mol. The van der Waals surface area contributed by atoms with Crippen LogP contribution in [0.5, 0.6) is 0 Å². The number of guanidine groups is 1. The van der Waals surface area contributed by atoms with E-state index >= 15 is 0 Å². The first-order valence-corrected chi connectivity index (χ1v) is 8.52. The molecule has 2 rings (SSSR count). The SMILES string of the molecule is CCNC(=NCCCOCC1CC1)NCCc1ccccc1. The highest BCUT2D eigenvalue weighted by Gasteiger charge is 2.20. The van der Waals surface area contributed by atoms with Gasteiger partial charge in [-0.1, -0.05) is 30.3 Å². The van der Waals surface area contributed by atoms with Crippen molar-refractivity contribution >= 4 is 5.96 Å². The van der Waals surface area contributed by atoms with Gasteiger partial charge in [0.25, 0.3) is 0 Å². The molecule has 1 aliphatic carbocycles. The lowest BCUT2D eigenvalue weighted by molar-refractivity contribution is 0.123. The summed E-state index contributed by atoms with van der Waals surface area (Å²) in [7, 11) is 0. The number of nitrogens with one attached hydrogen (secondary N) is 2. The average Bonchev–Trinajstić information content (AvgIpc) is 3.36. The van der Waals surface area contributed by atoms with Crippen LogP contribution >= 0.6 is 0 Å². The molecule has 4 heteroatoms. The maximum Gasteiger partial charge on any atom is 0.191 e. The van der Waals surface area contributed by atoms with Gasteiger partial charge in [-0.15, -0.1) is 0 Å². The zero-order chi connectivity index (χ0) is 15.5. The van der Waals surface area contributed by atoms with Crippen LogP contribution < -0.4 is 10.6 Å². The summed E-state index contributed by atoms with van der Waals surface area (Å²) in [4.78, 5) is 4.59. The van der Waals surface area contributed by atoms with Crippen LogP contribution in [0.1, 0.15) is 31.7 Å². The minimum absolute atomic E-state index is 0.811. The molecule has 22 heavy (non-hydrogen) atoms. The highest BCUT2D eigenvalue weighted by molar-refractivity contribution is 5.79. The molecule has 1 fully saturated rings. The molecule has 1 aliphatic rings. The fourth-order valence-electron chi connectivity index (χ4n) is 2.20. The lowest BCUT2D eigenvalue weighted by Crippen LogP contribution is -2.38. The molecule has 0 saturated heterocycles. The Hall–Kier alpha value is -1.55. The molecule has 1 aromatic rings. The van der Waals surface area contributed by atoms with E-state index in [9.17, 15) is 0 Å². The first kappa shape index (κ1) is 16.8. The Morgan fingerprint density at radius 2 is 2.05 bits per heavy atom. The molecule has 0 unspecified atom stereocenters. The van der Waals surface area contributed by atoms with Gasteiger partial charge in [-0.3, -0.25) is 4.99 Å². The first-order valence-electron chi connectivity index (χ1n) is 8.52. The van der Waals surface area contributed by atoms with Gasteiger partial charge in [0.2, 0.25) is 0 Å². The third-order valence-corrected chi connectivity index (χ3v) is 3.66. The molecule has 122 valence electrons. The van der Waals surface area contributed by atoms with Crippen molar-refractivity contribution in [3.63, 3.8) is 0 Å². The number of ether oxygens (including phenoxy) is 1. The van der Waals surface area contributed by atoms with Crippen LogP contribution in [0.2, 0.25) is 0 Å². The van der Waals surface area contributed by atoms with Gasteiger partial charge in [0.15, 0.2) is 5.96 Å². The predicted molar refractivity (Wildman–Crippen MR) is 92.3 cm³/mol. The van der Waals surface area contributed by atoms with Gasteiger partial charge in [-0.05, 0) is 44.1 Å². The zero-order valence-electron chi connectivity index (χ0n) is 13.7. The van der Waals surface area contributed by atoms with Gasteiger partial charge < -0.3 is 15.4 Å². The Morgan fingerprint density at radius 3 is 2.77 bits per heavy atom. The number of benzene rings is 1. The largest absolute Gasteiger partial charge is 0.381 e. The molecule has 0 aliphatic heterocycles. The molecule has 0 radical (unpaired) electrons. The molecule has 1 aromatic carbocycles. The number of hydrogen-bond acceptors (Lipinski definition) is 2. The smallest absolute Gasteiger partial charge is 0.191 e. The minimum atomic E-state index is 0.811. The van der Waals surface area contributed by atoms with Crippen LogP contribution in [0.3, 0.4) is 0 Å². The van der Waals surface area contributed by atoms with Crippen LogP contribution in [-0.2, 0) is 11.2 Å². The Labute approximate surface area is 134 Å². The van der Waals surface area contributed by atoms with Crippen molar-refractivity contribution in [2.75, 3.05) is 32.8 Å². The fourth-order valence-corrected chi connectivity index (χ4v) is 2.20. The van der Waals surface area contributed by atoms with E-state index < -0.39 is 0 Å². The topological polar surface area (TPSA) is 45.7 Å². The third kappa shape index (κ3) is 7.46. The second kappa shape index (κ2) is 10.2. The Bertz CT molecular complexity index is 429. The normalized spacial score (nSPS) is 14.9. The number of nitrogens with zero attached hydrogens (tertiary/aromatic N) is 1. The zero-order valence-corrected chi connectivity index (χ0v) is 13.7. The number of rotatable bonds is 10. The van der Waals surface area contributed by atoms with Crippen molar-refractivity contribution in [1.29, 1.82) is 0 Å². The van der Waals surface area contributed by atoms with Crippen molar-refractivity contribution in [2.24, 2.45) is 10.9 Å². The summed E-state index contributed by atoms with van der Waals surface area (Å²) < 4.78 is 5.63. The van der Waals surface area contributed by atoms with Crippen LogP contribution in [-0.4, -0.2) is 38.8 Å². The summed E-state index contributed by atoms with van der Waals surface area (Å²) in [6.07, 6.45) is 4.71.